The Balaban J connectivity index is 2.52. The zero-order valence-electron chi connectivity index (χ0n) is 10.2. The van der Waals surface area contributed by atoms with Crippen LogP contribution in [0.15, 0.2) is 48.5 Å². The van der Waals surface area contributed by atoms with Gasteiger partial charge in [0.15, 0.2) is 0 Å². The van der Waals surface area contributed by atoms with Gasteiger partial charge in [0.2, 0.25) is 0 Å². The van der Waals surface area contributed by atoms with Crippen molar-refractivity contribution in [3.05, 3.63) is 59.9 Å². The van der Waals surface area contributed by atoms with Crippen molar-refractivity contribution in [1.82, 2.24) is 0 Å². The molecule has 0 aromatic heterocycles. The molecule has 0 amide bonds. The van der Waals surface area contributed by atoms with Crippen LogP contribution in [0.5, 0.6) is 0 Å². The van der Waals surface area contributed by atoms with Crippen LogP contribution in [0.2, 0.25) is 0 Å². The van der Waals surface area contributed by atoms with Crippen LogP contribution < -0.4 is 4.90 Å². The zero-order valence-corrected chi connectivity index (χ0v) is 11.8. The van der Waals surface area contributed by atoms with Crippen molar-refractivity contribution in [2.45, 2.75) is 12.3 Å². The summed E-state index contributed by atoms with van der Waals surface area (Å²) in [6, 6.07) is 15.1. The summed E-state index contributed by atoms with van der Waals surface area (Å²) in [6.07, 6.45) is 0. The van der Waals surface area contributed by atoms with Gasteiger partial charge in [0.25, 0.3) is 0 Å². The van der Waals surface area contributed by atoms with E-state index in [0.29, 0.717) is 11.0 Å². The van der Waals surface area contributed by atoms with Crippen LogP contribution in [0, 0.1) is 5.82 Å². The molecule has 0 heterocycles. The number of halogens is 2. The van der Waals surface area contributed by atoms with Crippen LogP contribution in [0.3, 0.4) is 0 Å². The van der Waals surface area contributed by atoms with Crippen molar-refractivity contribution < 1.29 is 4.39 Å². The van der Waals surface area contributed by atoms with Crippen molar-refractivity contribution in [1.29, 1.82) is 0 Å². The van der Waals surface area contributed by atoms with Crippen molar-refractivity contribution in [2.24, 2.45) is 0 Å². The first-order chi connectivity index (χ1) is 8.77. The van der Waals surface area contributed by atoms with Gasteiger partial charge < -0.3 is 4.90 Å². The zero-order chi connectivity index (χ0) is 13.0. The minimum absolute atomic E-state index is 0.183. The van der Waals surface area contributed by atoms with Gasteiger partial charge in [-0.3, -0.25) is 0 Å². The molecule has 3 heteroatoms. The highest BCUT2D eigenvalue weighted by atomic mass is 79.9. The fourth-order valence-electron chi connectivity index (χ4n) is 2.05. The maximum Gasteiger partial charge on any atom is 0.147 e. The second-order valence-corrected chi connectivity index (χ2v) is 4.52. The first-order valence-electron chi connectivity index (χ1n) is 5.94. The van der Waals surface area contributed by atoms with Crippen molar-refractivity contribution >= 4 is 27.3 Å². The lowest BCUT2D eigenvalue weighted by atomic mass is 10.1. The average Bonchev–Trinajstić information content (AvgIpc) is 2.42. The third-order valence-electron chi connectivity index (χ3n) is 2.87. The maximum absolute atomic E-state index is 14.1. The van der Waals surface area contributed by atoms with Gasteiger partial charge in [-0.1, -0.05) is 46.3 Å². The summed E-state index contributed by atoms with van der Waals surface area (Å²) < 4.78 is 14.1. The molecule has 94 valence electrons. The number of para-hydroxylation sites is 2. The van der Waals surface area contributed by atoms with Crippen LogP contribution >= 0.6 is 15.9 Å². The number of nitrogens with zero attached hydrogens (tertiary/aromatic N) is 1. The van der Waals surface area contributed by atoms with E-state index in [-0.39, 0.29) is 5.82 Å². The minimum Gasteiger partial charge on any atom is -0.339 e. The Kier molecular flexibility index (Phi) is 4.37. The van der Waals surface area contributed by atoms with Gasteiger partial charge in [-0.05, 0) is 30.7 Å². The molecule has 0 atom stereocenters. The molecule has 0 aliphatic rings. The molecule has 18 heavy (non-hydrogen) atoms. The van der Waals surface area contributed by atoms with Crippen molar-refractivity contribution in [2.75, 3.05) is 11.4 Å². The molecule has 0 bridgehead atoms. The number of anilines is 2. The lowest BCUT2D eigenvalue weighted by molar-refractivity contribution is 0.624. The Bertz CT molecular complexity index is 513. The molecular weight excluding hydrogens is 293 g/mol. The second kappa shape index (κ2) is 6.01. The van der Waals surface area contributed by atoms with Gasteiger partial charge in [0.05, 0.1) is 5.69 Å². The van der Waals surface area contributed by atoms with E-state index in [2.05, 4.69) is 15.9 Å². The molecule has 0 fully saturated rings. The lowest BCUT2D eigenvalue weighted by Gasteiger charge is -2.26. The third-order valence-corrected chi connectivity index (χ3v) is 3.47. The number of alkyl halides is 1. The molecule has 0 saturated carbocycles. The molecule has 0 radical (unpaired) electrons. The summed E-state index contributed by atoms with van der Waals surface area (Å²) in [5, 5.41) is 0.642. The quantitative estimate of drug-likeness (QED) is 0.728. The van der Waals surface area contributed by atoms with Crippen LogP contribution in [0.4, 0.5) is 15.8 Å². The number of hydrogen-bond acceptors (Lipinski definition) is 1. The first-order valence-corrected chi connectivity index (χ1v) is 7.06. The number of rotatable bonds is 4. The Hall–Kier alpha value is -1.35. The summed E-state index contributed by atoms with van der Waals surface area (Å²) in [6.45, 7) is 2.75. The highest BCUT2D eigenvalue weighted by Gasteiger charge is 2.15. The monoisotopic (exact) mass is 307 g/mol. The van der Waals surface area contributed by atoms with Crippen LogP contribution in [-0.2, 0) is 5.33 Å². The van der Waals surface area contributed by atoms with E-state index in [1.54, 1.807) is 6.07 Å². The Morgan fingerprint density at radius 3 is 2.39 bits per heavy atom. The summed E-state index contributed by atoms with van der Waals surface area (Å²) >= 11 is 3.42. The highest BCUT2D eigenvalue weighted by molar-refractivity contribution is 9.08. The van der Waals surface area contributed by atoms with Crippen molar-refractivity contribution in [3.8, 4) is 0 Å². The molecule has 1 nitrogen and oxygen atoms in total. The standard InChI is InChI=1S/C15H15BrFN/c1-2-18(13-8-4-3-5-9-13)15-12(11-16)7-6-10-14(15)17/h3-10H,2,11H2,1H3. The van der Waals surface area contributed by atoms with Crippen LogP contribution in [0.1, 0.15) is 12.5 Å². The van der Waals surface area contributed by atoms with Crippen molar-refractivity contribution in [3.63, 3.8) is 0 Å². The van der Waals surface area contributed by atoms with E-state index < -0.39 is 0 Å². The van der Waals surface area contributed by atoms with E-state index in [9.17, 15) is 4.39 Å². The van der Waals surface area contributed by atoms with Gasteiger partial charge in [-0.25, -0.2) is 4.39 Å². The van der Waals surface area contributed by atoms with Crippen LogP contribution in [-0.4, -0.2) is 6.54 Å². The Morgan fingerprint density at radius 2 is 1.78 bits per heavy atom. The molecule has 0 saturated heterocycles. The molecule has 2 rings (SSSR count). The van der Waals surface area contributed by atoms with E-state index in [4.69, 9.17) is 0 Å². The molecule has 0 N–H and O–H groups in total. The van der Waals surface area contributed by atoms with E-state index in [1.807, 2.05) is 48.2 Å². The molecule has 0 aliphatic carbocycles. The summed E-state index contributed by atoms with van der Waals surface area (Å²) in [4.78, 5) is 1.99. The first kappa shape index (κ1) is 13.1. The summed E-state index contributed by atoms with van der Waals surface area (Å²) in [5.41, 5.74) is 2.62. The molecule has 0 unspecified atom stereocenters. The Labute approximate surface area is 115 Å². The number of benzene rings is 2. The predicted molar refractivity (Wildman–Crippen MR) is 78.2 cm³/mol. The second-order valence-electron chi connectivity index (χ2n) is 3.96. The topological polar surface area (TPSA) is 3.24 Å². The van der Waals surface area contributed by atoms with E-state index in [0.717, 1.165) is 17.8 Å². The van der Waals surface area contributed by atoms with Gasteiger partial charge >= 0.3 is 0 Å². The predicted octanol–water partition coefficient (Wildman–Crippen LogP) is 4.88. The highest BCUT2D eigenvalue weighted by Crippen LogP contribution is 2.32. The Morgan fingerprint density at radius 1 is 1.06 bits per heavy atom. The third kappa shape index (κ3) is 2.56. The SMILES string of the molecule is CCN(c1ccccc1)c1c(F)cccc1CBr. The molecule has 0 spiro atoms. The molecular formula is C15H15BrFN. The summed E-state index contributed by atoms with van der Waals surface area (Å²) in [7, 11) is 0. The lowest BCUT2D eigenvalue weighted by Crippen LogP contribution is -2.18. The van der Waals surface area contributed by atoms with Crippen LogP contribution in [0.25, 0.3) is 0 Å². The molecule has 2 aromatic rings. The summed E-state index contributed by atoms with van der Waals surface area (Å²) in [5.74, 6) is -0.183. The van der Waals surface area contributed by atoms with Gasteiger partial charge in [0.1, 0.15) is 5.82 Å². The van der Waals surface area contributed by atoms with E-state index in [1.165, 1.54) is 6.07 Å². The van der Waals surface area contributed by atoms with Gasteiger partial charge in [-0.15, -0.1) is 0 Å². The van der Waals surface area contributed by atoms with Gasteiger partial charge in [-0.2, -0.15) is 0 Å². The molecule has 0 aliphatic heterocycles. The fourth-order valence-corrected chi connectivity index (χ4v) is 2.50. The van der Waals surface area contributed by atoms with Gasteiger partial charge in [0, 0.05) is 17.6 Å². The number of hydrogen-bond donors (Lipinski definition) is 0. The molecule has 2 aromatic carbocycles. The average molecular weight is 308 g/mol. The normalized spacial score (nSPS) is 10.4. The van der Waals surface area contributed by atoms with E-state index >= 15 is 0 Å². The smallest absolute Gasteiger partial charge is 0.147 e. The maximum atomic E-state index is 14.1. The fraction of sp³-hybridized carbons (Fsp3) is 0.200. The minimum atomic E-state index is -0.183. The largest absolute Gasteiger partial charge is 0.339 e.